The van der Waals surface area contributed by atoms with Gasteiger partial charge in [-0.2, -0.15) is 0 Å². The second kappa shape index (κ2) is 8.80. The summed E-state index contributed by atoms with van der Waals surface area (Å²) in [7, 11) is 0. The topological polar surface area (TPSA) is 95.0 Å². The number of nitrogens with zero attached hydrogens (tertiary/aromatic N) is 2. The van der Waals surface area contributed by atoms with Gasteiger partial charge in [-0.05, 0) is 30.6 Å². The van der Waals surface area contributed by atoms with E-state index in [9.17, 15) is 24.3 Å². The number of carbonyl (C=O) groups excluding carboxylic acids is 4. The number of rotatable bonds is 4. The van der Waals surface area contributed by atoms with Crippen molar-refractivity contribution in [1.29, 1.82) is 0 Å². The van der Waals surface area contributed by atoms with Crippen molar-refractivity contribution in [3.8, 4) is 5.75 Å². The van der Waals surface area contributed by atoms with Gasteiger partial charge in [0.25, 0.3) is 11.8 Å². The molecule has 1 saturated carbocycles. The summed E-state index contributed by atoms with van der Waals surface area (Å²) >= 11 is 17.7. The number of halogens is 3. The summed E-state index contributed by atoms with van der Waals surface area (Å²) in [6, 6.07) is 10.8. The number of phenolic OH excluding ortho intramolecular Hbond substituents is 1. The predicted octanol–water partition coefficient (Wildman–Crippen LogP) is 4.67. The number of carbonyl (C=O) groups is 4. The molecular formula is C28H25BrCl2N2O5. The van der Waals surface area contributed by atoms with Crippen LogP contribution in [0.5, 0.6) is 5.75 Å². The Morgan fingerprint density at radius 3 is 2.45 bits per heavy atom. The lowest BCUT2D eigenvalue weighted by Crippen LogP contribution is -2.60. The fourth-order valence-electron chi connectivity index (χ4n) is 7.11. The lowest BCUT2D eigenvalue weighted by Gasteiger charge is -2.50. The van der Waals surface area contributed by atoms with Crippen molar-refractivity contribution >= 4 is 73.5 Å². The maximum atomic E-state index is 13.8. The first kappa shape index (κ1) is 25.8. The highest BCUT2D eigenvalue weighted by Gasteiger charge is 2.76. The van der Waals surface area contributed by atoms with Crippen LogP contribution in [0, 0.1) is 17.8 Å². The SMILES string of the molecule is CCCN1C(=O)C2CC=C3C(CC4(Cl)C(=O)N(CBr)C(=O)C4(Cl)C3c3ccc4ccccc4c3O)C2C1=O. The van der Waals surface area contributed by atoms with E-state index in [1.165, 1.54) is 4.90 Å². The van der Waals surface area contributed by atoms with E-state index in [-0.39, 0.29) is 29.4 Å². The van der Waals surface area contributed by atoms with Crippen molar-refractivity contribution in [2.24, 2.45) is 17.8 Å². The molecule has 10 heteroatoms. The summed E-state index contributed by atoms with van der Waals surface area (Å²) < 4.78 is 0. The van der Waals surface area contributed by atoms with Crippen LogP contribution in [-0.4, -0.2) is 60.3 Å². The zero-order valence-corrected chi connectivity index (χ0v) is 23.6. The van der Waals surface area contributed by atoms with Gasteiger partial charge < -0.3 is 5.11 Å². The molecule has 198 valence electrons. The second-order valence-electron chi connectivity index (χ2n) is 10.5. The second-order valence-corrected chi connectivity index (χ2v) is 12.3. The van der Waals surface area contributed by atoms with Gasteiger partial charge in [0, 0.05) is 23.4 Å². The Bertz CT molecular complexity index is 1460. The summed E-state index contributed by atoms with van der Waals surface area (Å²) in [5.74, 6) is -4.72. The van der Waals surface area contributed by atoms with E-state index in [4.69, 9.17) is 23.2 Å². The first-order chi connectivity index (χ1) is 18.1. The fraction of sp³-hybridized carbons (Fsp3) is 0.429. The van der Waals surface area contributed by atoms with Crippen LogP contribution in [0.25, 0.3) is 10.8 Å². The van der Waals surface area contributed by atoms with E-state index in [1.807, 2.05) is 31.2 Å². The molecule has 6 atom stereocenters. The number of phenols is 1. The third-order valence-corrected chi connectivity index (χ3v) is 10.7. The molecule has 2 aliphatic heterocycles. The van der Waals surface area contributed by atoms with Crippen LogP contribution in [0.3, 0.4) is 0 Å². The highest BCUT2D eigenvalue weighted by atomic mass is 79.9. The first-order valence-corrected chi connectivity index (χ1v) is 14.6. The Balaban J connectivity index is 1.59. The minimum atomic E-state index is -1.94. The average Bonchev–Trinajstić information content (AvgIpc) is 3.23. The molecular weight excluding hydrogens is 595 g/mol. The Morgan fingerprint density at radius 1 is 1.00 bits per heavy atom. The summed E-state index contributed by atoms with van der Waals surface area (Å²) in [6.45, 7) is 2.22. The van der Waals surface area contributed by atoms with Gasteiger partial charge in [0.05, 0.1) is 17.3 Å². The molecule has 4 aliphatic rings. The molecule has 4 amide bonds. The Kier molecular flexibility index (Phi) is 5.98. The standard InChI is InChI=1S/C28H25BrCl2N2O5/c1-2-11-32-23(35)17-10-9-16-19(20(17)24(32)36)12-27(30)25(37)33(13-29)26(38)28(27,31)21(16)18-8-7-14-5-3-4-6-15(14)22(18)34/h3-9,17,19-21,34H,2,10-13H2,1H3. The van der Waals surface area contributed by atoms with Gasteiger partial charge in [0.2, 0.25) is 11.8 Å². The lowest BCUT2D eigenvalue weighted by molar-refractivity contribution is -0.141. The maximum absolute atomic E-state index is 13.8. The average molecular weight is 620 g/mol. The first-order valence-electron chi connectivity index (χ1n) is 12.7. The van der Waals surface area contributed by atoms with E-state index in [0.717, 1.165) is 10.3 Å². The van der Waals surface area contributed by atoms with Gasteiger partial charge in [0.15, 0.2) is 9.75 Å². The number of fused-ring (bicyclic) bond motifs is 5. The van der Waals surface area contributed by atoms with Crippen LogP contribution in [-0.2, 0) is 19.2 Å². The van der Waals surface area contributed by atoms with Crippen LogP contribution in [0.4, 0.5) is 0 Å². The van der Waals surface area contributed by atoms with E-state index in [0.29, 0.717) is 35.9 Å². The summed E-state index contributed by atoms with van der Waals surface area (Å²) in [5.41, 5.74) is 0.930. The molecule has 0 spiro atoms. The predicted molar refractivity (Wildman–Crippen MR) is 146 cm³/mol. The molecule has 2 heterocycles. The van der Waals surface area contributed by atoms with E-state index >= 15 is 0 Å². The van der Waals surface area contributed by atoms with Gasteiger partial charge in [-0.25, -0.2) is 0 Å². The summed E-state index contributed by atoms with van der Waals surface area (Å²) in [5, 5.41) is 12.9. The monoisotopic (exact) mass is 618 g/mol. The van der Waals surface area contributed by atoms with Crippen LogP contribution < -0.4 is 0 Å². The number of aromatic hydroxyl groups is 1. The highest BCUT2D eigenvalue weighted by molar-refractivity contribution is 9.09. The third kappa shape index (κ3) is 3.08. The quantitative estimate of drug-likeness (QED) is 0.232. The molecule has 0 aromatic heterocycles. The smallest absolute Gasteiger partial charge is 0.254 e. The number of hydrogen-bond acceptors (Lipinski definition) is 5. The molecule has 2 aliphatic carbocycles. The van der Waals surface area contributed by atoms with Gasteiger partial charge in [-0.1, -0.05) is 70.9 Å². The zero-order valence-electron chi connectivity index (χ0n) is 20.5. The highest BCUT2D eigenvalue weighted by Crippen LogP contribution is 2.66. The maximum Gasteiger partial charge on any atom is 0.254 e. The summed E-state index contributed by atoms with van der Waals surface area (Å²) in [6.07, 6.45) is 2.75. The molecule has 3 fully saturated rings. The number of benzene rings is 2. The van der Waals surface area contributed by atoms with Crippen LogP contribution in [0.2, 0.25) is 0 Å². The molecule has 7 nitrogen and oxygen atoms in total. The van der Waals surface area contributed by atoms with Gasteiger partial charge in [0.1, 0.15) is 5.75 Å². The number of imide groups is 2. The molecule has 2 saturated heterocycles. The minimum absolute atomic E-state index is 0.0604. The third-order valence-electron chi connectivity index (χ3n) is 8.80. The van der Waals surface area contributed by atoms with Crippen molar-refractivity contribution < 1.29 is 24.3 Å². The Hall–Kier alpha value is -2.42. The minimum Gasteiger partial charge on any atom is -0.507 e. The number of amides is 4. The van der Waals surface area contributed by atoms with E-state index < -0.39 is 45.2 Å². The number of allylic oxidation sites excluding steroid dienone is 2. The van der Waals surface area contributed by atoms with Crippen LogP contribution >= 0.6 is 39.1 Å². The van der Waals surface area contributed by atoms with Crippen molar-refractivity contribution in [3.63, 3.8) is 0 Å². The zero-order chi connectivity index (χ0) is 27.1. The van der Waals surface area contributed by atoms with Crippen molar-refractivity contribution in [2.45, 2.75) is 41.9 Å². The molecule has 2 aromatic carbocycles. The normalized spacial score (nSPS) is 34.5. The molecule has 0 radical (unpaired) electrons. The fourth-order valence-corrected chi connectivity index (χ4v) is 8.53. The molecule has 1 N–H and O–H groups in total. The Labute approximate surface area is 237 Å². The Morgan fingerprint density at radius 2 is 1.74 bits per heavy atom. The number of likely N-dealkylation sites (tertiary alicyclic amines) is 2. The van der Waals surface area contributed by atoms with Crippen molar-refractivity contribution in [3.05, 3.63) is 53.6 Å². The van der Waals surface area contributed by atoms with Gasteiger partial charge >= 0.3 is 0 Å². The molecule has 6 unspecified atom stereocenters. The molecule has 38 heavy (non-hydrogen) atoms. The molecule has 2 aromatic rings. The number of alkyl halides is 3. The van der Waals surface area contributed by atoms with Crippen molar-refractivity contribution in [2.75, 3.05) is 12.0 Å². The largest absolute Gasteiger partial charge is 0.507 e. The molecule has 0 bridgehead atoms. The van der Waals surface area contributed by atoms with Crippen molar-refractivity contribution in [1.82, 2.24) is 9.80 Å². The van der Waals surface area contributed by atoms with Crippen LogP contribution in [0.1, 0.15) is 37.7 Å². The molecule has 6 rings (SSSR count). The lowest BCUT2D eigenvalue weighted by atomic mass is 9.56. The number of hydrogen-bond donors (Lipinski definition) is 1. The van der Waals surface area contributed by atoms with E-state index in [2.05, 4.69) is 15.9 Å². The summed E-state index contributed by atoms with van der Waals surface area (Å²) in [4.78, 5) is 52.8. The van der Waals surface area contributed by atoms with Crippen LogP contribution in [0.15, 0.2) is 48.0 Å². The van der Waals surface area contributed by atoms with E-state index in [1.54, 1.807) is 18.2 Å². The van der Waals surface area contributed by atoms with Gasteiger partial charge in [-0.3, -0.25) is 29.0 Å². The van der Waals surface area contributed by atoms with Gasteiger partial charge in [-0.15, -0.1) is 23.2 Å².